The lowest BCUT2D eigenvalue weighted by Crippen LogP contribution is -2.18. The molecule has 68 valence electrons. The molecule has 0 N–H and O–H groups in total. The normalized spacial score (nSPS) is 15.0. The van der Waals surface area contributed by atoms with Gasteiger partial charge in [-0.3, -0.25) is 0 Å². The molecule has 0 aromatic heterocycles. The van der Waals surface area contributed by atoms with Crippen molar-refractivity contribution in [1.82, 2.24) is 0 Å². The third-order valence-electron chi connectivity index (χ3n) is 2.32. The van der Waals surface area contributed by atoms with Gasteiger partial charge in [0.15, 0.2) is 0 Å². The van der Waals surface area contributed by atoms with Crippen LogP contribution in [0.15, 0.2) is 0 Å². The quantitative estimate of drug-likeness (QED) is 0.547. The molecule has 1 unspecified atom stereocenters. The summed E-state index contributed by atoms with van der Waals surface area (Å²) in [5, 5.41) is 0. The van der Waals surface area contributed by atoms with Crippen molar-refractivity contribution in [3.63, 3.8) is 0 Å². The molecule has 0 aliphatic carbocycles. The van der Waals surface area contributed by atoms with Crippen molar-refractivity contribution in [2.45, 2.75) is 58.8 Å². The molecule has 1 atom stereocenters. The Hall–Kier alpha value is 0.217. The maximum atomic E-state index is 2.46. The summed E-state index contributed by atoms with van der Waals surface area (Å²) >= 11 is 0. The lowest BCUT2D eigenvalue weighted by atomic mass is 10.0. The lowest BCUT2D eigenvalue weighted by molar-refractivity contribution is 0.507. The Labute approximate surface area is 73.4 Å². The molecule has 0 amide bonds. The van der Waals surface area contributed by atoms with Gasteiger partial charge in [0.1, 0.15) is 0 Å². The van der Waals surface area contributed by atoms with Crippen LogP contribution in [0.3, 0.4) is 0 Å². The summed E-state index contributed by atoms with van der Waals surface area (Å²) in [6.45, 7) is 12.0. The van der Waals surface area contributed by atoms with Crippen molar-refractivity contribution in [2.75, 3.05) is 0 Å². The van der Waals surface area contributed by atoms with E-state index in [0.717, 1.165) is 5.92 Å². The average molecular weight is 172 g/mol. The van der Waals surface area contributed by atoms with E-state index in [1.54, 1.807) is 0 Å². The summed E-state index contributed by atoms with van der Waals surface area (Å²) in [6, 6.07) is 1.51. The van der Waals surface area contributed by atoms with Gasteiger partial charge in [-0.2, -0.15) is 0 Å². The monoisotopic (exact) mass is 172 g/mol. The molecule has 0 saturated carbocycles. The van der Waals surface area contributed by atoms with E-state index in [0.29, 0.717) is 0 Å². The summed E-state index contributed by atoms with van der Waals surface area (Å²) in [4.78, 5) is 0. The highest BCUT2D eigenvalue weighted by Gasteiger charge is 2.12. The highest BCUT2D eigenvalue weighted by atomic mass is 28.3. The van der Waals surface area contributed by atoms with Crippen LogP contribution in [-0.4, -0.2) is 8.07 Å². The summed E-state index contributed by atoms with van der Waals surface area (Å²) in [7, 11) is -0.737. The van der Waals surface area contributed by atoms with Crippen LogP contribution in [0.2, 0.25) is 25.7 Å². The minimum absolute atomic E-state index is 0.737. The topological polar surface area (TPSA) is 0 Å². The van der Waals surface area contributed by atoms with Gasteiger partial charge >= 0.3 is 0 Å². The molecule has 0 rings (SSSR count). The van der Waals surface area contributed by atoms with Gasteiger partial charge in [-0.1, -0.05) is 58.8 Å². The molecule has 11 heavy (non-hydrogen) atoms. The maximum absolute atomic E-state index is 2.46. The first-order chi connectivity index (χ1) is 4.95. The zero-order valence-electron chi connectivity index (χ0n) is 8.91. The van der Waals surface area contributed by atoms with Gasteiger partial charge in [-0.25, -0.2) is 0 Å². The predicted molar refractivity (Wildman–Crippen MR) is 56.8 cm³/mol. The van der Waals surface area contributed by atoms with Crippen molar-refractivity contribution < 1.29 is 0 Å². The van der Waals surface area contributed by atoms with Crippen molar-refractivity contribution >= 4 is 8.07 Å². The van der Waals surface area contributed by atoms with Gasteiger partial charge in [0.25, 0.3) is 0 Å². The van der Waals surface area contributed by atoms with E-state index < -0.39 is 8.07 Å². The molecule has 0 saturated heterocycles. The SMILES string of the molecule is CCC(C)CCC[Si](C)(C)C. The first kappa shape index (κ1) is 11.2. The van der Waals surface area contributed by atoms with Crippen LogP contribution in [0.4, 0.5) is 0 Å². The molecule has 0 aliphatic heterocycles. The Morgan fingerprint density at radius 1 is 1.18 bits per heavy atom. The van der Waals surface area contributed by atoms with E-state index in [2.05, 4.69) is 33.5 Å². The molecule has 0 aliphatic rings. The smallest absolute Gasteiger partial charge is 0.0442 e. The largest absolute Gasteiger partial charge is 0.0695 e. The Morgan fingerprint density at radius 3 is 2.09 bits per heavy atom. The Kier molecular flexibility index (Phi) is 5.07. The molecule has 0 aromatic carbocycles. The van der Waals surface area contributed by atoms with Crippen LogP contribution in [-0.2, 0) is 0 Å². The minimum atomic E-state index is -0.737. The molecule has 1 heteroatoms. The molecule has 0 fully saturated rings. The molecule has 0 bridgehead atoms. The van der Waals surface area contributed by atoms with E-state index in [-0.39, 0.29) is 0 Å². The fraction of sp³-hybridized carbons (Fsp3) is 1.00. The van der Waals surface area contributed by atoms with Crippen LogP contribution >= 0.6 is 0 Å². The summed E-state index contributed by atoms with van der Waals surface area (Å²) in [5.74, 6) is 0.950. The van der Waals surface area contributed by atoms with Crippen molar-refractivity contribution in [2.24, 2.45) is 5.92 Å². The van der Waals surface area contributed by atoms with Crippen molar-refractivity contribution in [1.29, 1.82) is 0 Å². The van der Waals surface area contributed by atoms with Crippen LogP contribution in [0.5, 0.6) is 0 Å². The molecule has 0 radical (unpaired) electrons. The van der Waals surface area contributed by atoms with Gasteiger partial charge in [-0.05, 0) is 5.92 Å². The average Bonchev–Trinajstić information content (AvgIpc) is 1.85. The van der Waals surface area contributed by atoms with Crippen molar-refractivity contribution in [3.05, 3.63) is 0 Å². The molecular formula is C10H24Si. The van der Waals surface area contributed by atoms with Crippen LogP contribution in [0, 0.1) is 5.92 Å². The standard InChI is InChI=1S/C10H24Si/c1-6-10(2)8-7-9-11(3,4)5/h10H,6-9H2,1-5H3. The highest BCUT2D eigenvalue weighted by Crippen LogP contribution is 2.17. The molecule has 0 spiro atoms. The summed E-state index contributed by atoms with van der Waals surface area (Å²) in [5.41, 5.74) is 0. The molecule has 0 nitrogen and oxygen atoms in total. The van der Waals surface area contributed by atoms with Gasteiger partial charge in [-0.15, -0.1) is 0 Å². The predicted octanol–water partition coefficient (Wildman–Crippen LogP) is 4.15. The minimum Gasteiger partial charge on any atom is -0.0695 e. The van der Waals surface area contributed by atoms with Gasteiger partial charge in [0.05, 0.1) is 0 Å². The van der Waals surface area contributed by atoms with E-state index in [9.17, 15) is 0 Å². The fourth-order valence-corrected chi connectivity index (χ4v) is 2.45. The van der Waals surface area contributed by atoms with Crippen molar-refractivity contribution in [3.8, 4) is 0 Å². The number of hydrogen-bond donors (Lipinski definition) is 0. The van der Waals surface area contributed by atoms with Gasteiger partial charge in [0, 0.05) is 8.07 Å². The Bertz CT molecular complexity index is 91.5. The zero-order chi connectivity index (χ0) is 8.91. The van der Waals surface area contributed by atoms with E-state index in [4.69, 9.17) is 0 Å². The second kappa shape index (κ2) is 4.97. The van der Waals surface area contributed by atoms with Crippen LogP contribution < -0.4 is 0 Å². The van der Waals surface area contributed by atoms with Gasteiger partial charge in [0.2, 0.25) is 0 Å². The third kappa shape index (κ3) is 8.12. The summed E-state index contributed by atoms with van der Waals surface area (Å²) in [6.07, 6.45) is 4.26. The zero-order valence-corrected chi connectivity index (χ0v) is 9.91. The summed E-state index contributed by atoms with van der Waals surface area (Å²) < 4.78 is 0. The second-order valence-corrected chi connectivity index (χ2v) is 10.6. The van der Waals surface area contributed by atoms with Gasteiger partial charge < -0.3 is 0 Å². The molecular weight excluding hydrogens is 148 g/mol. The highest BCUT2D eigenvalue weighted by molar-refractivity contribution is 6.76. The Morgan fingerprint density at radius 2 is 1.73 bits per heavy atom. The maximum Gasteiger partial charge on any atom is 0.0442 e. The van der Waals surface area contributed by atoms with E-state index >= 15 is 0 Å². The number of hydrogen-bond acceptors (Lipinski definition) is 0. The van der Waals surface area contributed by atoms with Crippen LogP contribution in [0.25, 0.3) is 0 Å². The third-order valence-corrected chi connectivity index (χ3v) is 4.17. The van der Waals surface area contributed by atoms with E-state index in [1.807, 2.05) is 0 Å². The van der Waals surface area contributed by atoms with E-state index in [1.165, 1.54) is 25.3 Å². The fourth-order valence-electron chi connectivity index (χ4n) is 1.18. The second-order valence-electron chi connectivity index (χ2n) is 4.97. The van der Waals surface area contributed by atoms with Crippen LogP contribution in [0.1, 0.15) is 33.1 Å². The molecule has 0 heterocycles. The first-order valence-electron chi connectivity index (χ1n) is 4.95. The Balaban J connectivity index is 3.28. The first-order valence-corrected chi connectivity index (χ1v) is 8.66. The molecule has 0 aromatic rings. The number of rotatable bonds is 5. The lowest BCUT2D eigenvalue weighted by Gasteiger charge is -2.16.